The first-order valence-electron chi connectivity index (χ1n) is 11.6. The second-order valence-corrected chi connectivity index (χ2v) is 12.0. The number of carbonyl (C=O) groups excluding carboxylic acids is 3. The van der Waals surface area contributed by atoms with Gasteiger partial charge >= 0.3 is 5.97 Å². The van der Waals surface area contributed by atoms with Crippen LogP contribution < -0.4 is 0 Å². The van der Waals surface area contributed by atoms with Gasteiger partial charge in [-0.1, -0.05) is 51.1 Å². The first-order chi connectivity index (χ1) is 15.0. The molecule has 3 saturated carbocycles. The van der Waals surface area contributed by atoms with Crippen LogP contribution in [0.1, 0.15) is 59.8 Å². The molecule has 4 aliphatic carbocycles. The smallest absolute Gasteiger partial charge is 0.306 e. The predicted octanol–water partition coefficient (Wildman–Crippen LogP) is 4.66. The van der Waals surface area contributed by atoms with Gasteiger partial charge in [-0.25, -0.2) is 0 Å². The van der Waals surface area contributed by atoms with Crippen molar-refractivity contribution in [2.45, 2.75) is 71.5 Å². The lowest BCUT2D eigenvalue weighted by Crippen LogP contribution is -2.63. The fourth-order valence-electron chi connectivity index (χ4n) is 7.75. The van der Waals surface area contributed by atoms with E-state index in [4.69, 9.17) is 16.3 Å². The highest BCUT2D eigenvalue weighted by molar-refractivity contribution is 8.14. The molecule has 0 amide bonds. The average Bonchev–Trinajstić information content (AvgIpc) is 2.95. The molecule has 0 saturated heterocycles. The summed E-state index contributed by atoms with van der Waals surface area (Å²) < 4.78 is 6.07. The topological polar surface area (TPSA) is 80.7 Å². The summed E-state index contributed by atoms with van der Waals surface area (Å²) in [7, 11) is 0. The molecular weight excluding hydrogens is 448 g/mol. The first-order valence-corrected chi connectivity index (χ1v) is 13.1. The highest BCUT2D eigenvalue weighted by atomic mass is 35.5. The van der Waals surface area contributed by atoms with E-state index in [-0.39, 0.29) is 51.6 Å². The van der Waals surface area contributed by atoms with Crippen molar-refractivity contribution in [3.8, 4) is 0 Å². The van der Waals surface area contributed by atoms with Crippen molar-refractivity contribution in [1.29, 1.82) is 0 Å². The molecule has 7 unspecified atom stereocenters. The Kier molecular flexibility index (Phi) is 6.22. The Morgan fingerprint density at radius 3 is 2.72 bits per heavy atom. The van der Waals surface area contributed by atoms with Gasteiger partial charge in [-0.15, -0.1) is 11.6 Å². The molecule has 0 heterocycles. The third-order valence-electron chi connectivity index (χ3n) is 9.09. The third-order valence-corrected chi connectivity index (χ3v) is 10.1. The lowest BCUT2D eigenvalue weighted by atomic mass is 9.46. The van der Waals surface area contributed by atoms with E-state index in [0.29, 0.717) is 6.42 Å². The zero-order valence-electron chi connectivity index (χ0n) is 19.2. The van der Waals surface area contributed by atoms with Gasteiger partial charge in [0.25, 0.3) is 0 Å². The minimum absolute atomic E-state index is 0.00902. The van der Waals surface area contributed by atoms with Crippen LogP contribution in [0, 0.1) is 34.5 Å². The molecule has 1 N–H and O–H groups in total. The molecule has 0 aliphatic heterocycles. The van der Waals surface area contributed by atoms with Gasteiger partial charge < -0.3 is 9.84 Å². The first kappa shape index (κ1) is 24.0. The number of hydrogen-bond acceptors (Lipinski definition) is 6. The van der Waals surface area contributed by atoms with Gasteiger partial charge in [0.05, 0.1) is 11.3 Å². The molecule has 176 valence electrons. The highest BCUT2D eigenvalue weighted by Gasteiger charge is 2.72. The van der Waals surface area contributed by atoms with Gasteiger partial charge in [0.2, 0.25) is 5.12 Å². The van der Waals surface area contributed by atoms with Crippen LogP contribution in [0.25, 0.3) is 0 Å². The van der Waals surface area contributed by atoms with Crippen molar-refractivity contribution in [1.82, 2.24) is 0 Å². The lowest BCUT2D eigenvalue weighted by molar-refractivity contribution is -0.199. The second kappa shape index (κ2) is 8.28. The minimum Gasteiger partial charge on any atom is -0.449 e. The van der Waals surface area contributed by atoms with E-state index in [0.717, 1.165) is 36.6 Å². The zero-order chi connectivity index (χ0) is 23.5. The SMILES string of the molecule is CCC(=O)OC1(C(=O)SCCl)[C@H](C)CC2C3CCC4=CC(=O)C=CC4(C)C3C(O)CC21C. The van der Waals surface area contributed by atoms with E-state index in [1.165, 1.54) is 0 Å². The molecule has 8 atom stereocenters. The van der Waals surface area contributed by atoms with Crippen LogP contribution in [0.4, 0.5) is 0 Å². The molecule has 0 spiro atoms. The number of ketones is 1. The van der Waals surface area contributed by atoms with Gasteiger partial charge in [-0.2, -0.15) is 0 Å². The van der Waals surface area contributed by atoms with Gasteiger partial charge in [0, 0.05) is 29.1 Å². The Morgan fingerprint density at radius 2 is 2.06 bits per heavy atom. The van der Waals surface area contributed by atoms with Gasteiger partial charge in [-0.05, 0) is 49.7 Å². The highest BCUT2D eigenvalue weighted by Crippen LogP contribution is 2.69. The Hall–Kier alpha value is -1.11. The largest absolute Gasteiger partial charge is 0.449 e. The van der Waals surface area contributed by atoms with Crippen LogP contribution in [-0.2, 0) is 19.1 Å². The number of alkyl halides is 1. The summed E-state index contributed by atoms with van der Waals surface area (Å²) in [5, 5.41) is 11.5. The standard InChI is InChI=1S/C25H33ClO5S/c1-5-20(29)31-25(22(30)32-13-26)14(2)10-18-17-7-6-15-11-16(27)8-9-23(15,3)21(17)19(28)12-24(18,25)4/h8-9,11,14,17-19,21,28H,5-7,10,12-13H2,1-4H3/t14-,17?,18?,19?,21?,23?,24?,25?/m1/s1. The number of aliphatic hydroxyl groups is 1. The number of ether oxygens (including phenoxy) is 1. The molecule has 0 bridgehead atoms. The average molecular weight is 481 g/mol. The van der Waals surface area contributed by atoms with Crippen LogP contribution in [0.3, 0.4) is 0 Å². The molecule has 4 rings (SSSR count). The number of aliphatic hydroxyl groups excluding tert-OH is 1. The van der Waals surface area contributed by atoms with Crippen molar-refractivity contribution < 1.29 is 24.2 Å². The maximum atomic E-state index is 13.5. The number of hydrogen-bond donors (Lipinski definition) is 1. The Morgan fingerprint density at radius 1 is 1.34 bits per heavy atom. The van der Waals surface area contributed by atoms with Crippen LogP contribution >= 0.6 is 23.4 Å². The van der Waals surface area contributed by atoms with E-state index in [2.05, 4.69) is 6.92 Å². The molecule has 7 heteroatoms. The van der Waals surface area contributed by atoms with Crippen molar-refractivity contribution in [2.24, 2.45) is 34.5 Å². The van der Waals surface area contributed by atoms with Gasteiger partial charge in [0.15, 0.2) is 11.4 Å². The van der Waals surface area contributed by atoms with Crippen LogP contribution in [0.5, 0.6) is 0 Å². The summed E-state index contributed by atoms with van der Waals surface area (Å²) in [6.07, 6.45) is 7.64. The normalized spacial score (nSPS) is 44.9. The van der Waals surface area contributed by atoms with Crippen LogP contribution in [0.15, 0.2) is 23.8 Å². The number of thioether (sulfide) groups is 1. The molecule has 5 nitrogen and oxygen atoms in total. The summed E-state index contributed by atoms with van der Waals surface area (Å²) in [5.41, 5.74) is -1.26. The Balaban J connectivity index is 1.79. The number of rotatable bonds is 4. The van der Waals surface area contributed by atoms with Crippen LogP contribution in [-0.4, -0.2) is 38.9 Å². The number of esters is 1. The molecule has 0 aromatic heterocycles. The van der Waals surface area contributed by atoms with Gasteiger partial charge in [0.1, 0.15) is 0 Å². The van der Waals surface area contributed by atoms with E-state index < -0.39 is 23.1 Å². The van der Waals surface area contributed by atoms with Crippen molar-refractivity contribution in [3.63, 3.8) is 0 Å². The van der Waals surface area contributed by atoms with E-state index >= 15 is 0 Å². The van der Waals surface area contributed by atoms with Crippen LogP contribution in [0.2, 0.25) is 0 Å². The van der Waals surface area contributed by atoms with Crippen molar-refractivity contribution in [3.05, 3.63) is 23.8 Å². The zero-order valence-corrected chi connectivity index (χ0v) is 20.8. The summed E-state index contributed by atoms with van der Waals surface area (Å²) in [6, 6.07) is 0. The monoisotopic (exact) mass is 480 g/mol. The molecule has 4 aliphatic rings. The number of fused-ring (bicyclic) bond motifs is 5. The maximum absolute atomic E-state index is 13.5. The Bertz CT molecular complexity index is 899. The lowest BCUT2D eigenvalue weighted by Gasteiger charge is -2.59. The van der Waals surface area contributed by atoms with Crippen molar-refractivity contribution >= 4 is 40.2 Å². The minimum atomic E-state index is -1.30. The van der Waals surface area contributed by atoms with Gasteiger partial charge in [-0.3, -0.25) is 14.4 Å². The molecular formula is C25H33ClO5S. The third kappa shape index (κ3) is 3.19. The predicted molar refractivity (Wildman–Crippen MR) is 125 cm³/mol. The number of allylic oxidation sites excluding steroid dienone is 4. The van der Waals surface area contributed by atoms with E-state index in [9.17, 15) is 19.5 Å². The fourth-order valence-corrected chi connectivity index (χ4v) is 8.83. The Labute approximate surface area is 199 Å². The van der Waals surface area contributed by atoms with E-state index in [1.54, 1.807) is 19.1 Å². The number of carbonyl (C=O) groups is 3. The summed E-state index contributed by atoms with van der Waals surface area (Å²) in [5.74, 6) is -0.300. The summed E-state index contributed by atoms with van der Waals surface area (Å²) >= 11 is 6.93. The fraction of sp³-hybridized carbons (Fsp3) is 0.720. The summed E-state index contributed by atoms with van der Waals surface area (Å²) in [6.45, 7) is 7.88. The van der Waals surface area contributed by atoms with Crippen molar-refractivity contribution in [2.75, 3.05) is 5.21 Å². The summed E-state index contributed by atoms with van der Waals surface area (Å²) in [4.78, 5) is 38.1. The van der Waals surface area contributed by atoms with E-state index in [1.807, 2.05) is 19.9 Å². The quantitative estimate of drug-likeness (QED) is 0.465. The molecule has 0 radical (unpaired) electrons. The maximum Gasteiger partial charge on any atom is 0.306 e. The molecule has 32 heavy (non-hydrogen) atoms. The number of halogens is 1. The molecule has 0 aromatic carbocycles. The molecule has 3 fully saturated rings. The molecule has 0 aromatic rings. The second-order valence-electron chi connectivity index (χ2n) is 10.5.